The summed E-state index contributed by atoms with van der Waals surface area (Å²) in [6.07, 6.45) is 0. The molecule has 0 spiro atoms. The van der Waals surface area contributed by atoms with Crippen molar-refractivity contribution in [2.45, 2.75) is 4.90 Å². The lowest BCUT2D eigenvalue weighted by Gasteiger charge is -2.04. The first-order valence-corrected chi connectivity index (χ1v) is 6.15. The maximum atomic E-state index is 11.8. The van der Waals surface area contributed by atoms with E-state index in [9.17, 15) is 12.8 Å². The van der Waals surface area contributed by atoms with Gasteiger partial charge in [0, 0.05) is 11.0 Å². The highest BCUT2D eigenvalue weighted by Gasteiger charge is 2.12. The van der Waals surface area contributed by atoms with Crippen molar-refractivity contribution in [3.8, 4) is 0 Å². The zero-order valence-electron chi connectivity index (χ0n) is 7.20. The van der Waals surface area contributed by atoms with Gasteiger partial charge in [0.25, 0.3) is 0 Å². The highest BCUT2D eigenvalue weighted by molar-refractivity contribution is 9.10. The fourth-order valence-electron chi connectivity index (χ4n) is 0.890. The van der Waals surface area contributed by atoms with E-state index in [0.29, 0.717) is 4.47 Å². The zero-order valence-corrected chi connectivity index (χ0v) is 9.61. The van der Waals surface area contributed by atoms with Gasteiger partial charge in [-0.15, -0.1) is 0 Å². The molecule has 0 heterocycles. The number of hydrogen-bond donors (Lipinski definition) is 1. The monoisotopic (exact) mass is 281 g/mol. The third kappa shape index (κ3) is 3.04. The minimum absolute atomic E-state index is 0.125. The molecule has 0 unspecified atom stereocenters. The molecule has 0 radical (unpaired) electrons. The highest BCUT2D eigenvalue weighted by atomic mass is 79.9. The van der Waals surface area contributed by atoms with E-state index in [-0.39, 0.29) is 11.4 Å². The van der Waals surface area contributed by atoms with Crippen molar-refractivity contribution in [3.05, 3.63) is 28.7 Å². The van der Waals surface area contributed by atoms with E-state index in [1.54, 1.807) is 12.1 Å². The van der Waals surface area contributed by atoms with Crippen molar-refractivity contribution in [2.75, 3.05) is 13.2 Å². The summed E-state index contributed by atoms with van der Waals surface area (Å²) in [5.41, 5.74) is 0. The Balaban J connectivity index is 2.93. The van der Waals surface area contributed by atoms with Crippen LogP contribution in [0.15, 0.2) is 33.6 Å². The number of hydrogen-bond acceptors (Lipinski definition) is 2. The summed E-state index contributed by atoms with van der Waals surface area (Å²) >= 11 is 3.16. The van der Waals surface area contributed by atoms with Gasteiger partial charge < -0.3 is 0 Å². The van der Waals surface area contributed by atoms with Gasteiger partial charge >= 0.3 is 0 Å². The number of rotatable bonds is 4. The topological polar surface area (TPSA) is 46.2 Å². The molecule has 0 fully saturated rings. The third-order valence-electron chi connectivity index (χ3n) is 1.49. The summed E-state index contributed by atoms with van der Waals surface area (Å²) in [4.78, 5) is 0.125. The number of alkyl halides is 1. The Hall–Kier alpha value is -0.460. The van der Waals surface area contributed by atoms with Crippen LogP contribution in [0.5, 0.6) is 0 Å². The molecule has 14 heavy (non-hydrogen) atoms. The molecule has 1 N–H and O–H groups in total. The molecule has 1 rings (SSSR count). The van der Waals surface area contributed by atoms with Crippen molar-refractivity contribution in [1.29, 1.82) is 0 Å². The molecule has 0 amide bonds. The van der Waals surface area contributed by atoms with Crippen LogP contribution in [0.2, 0.25) is 0 Å². The molecule has 0 atom stereocenters. The largest absolute Gasteiger partial charge is 0.250 e. The molecule has 1 aromatic rings. The van der Waals surface area contributed by atoms with Crippen LogP contribution < -0.4 is 4.72 Å². The van der Waals surface area contributed by atoms with Crippen LogP contribution in [0.1, 0.15) is 0 Å². The molecular weight excluding hydrogens is 273 g/mol. The van der Waals surface area contributed by atoms with Gasteiger partial charge in [0.05, 0.1) is 4.90 Å². The Morgan fingerprint density at radius 2 is 2.14 bits per heavy atom. The van der Waals surface area contributed by atoms with Crippen LogP contribution in [0.3, 0.4) is 0 Å². The van der Waals surface area contributed by atoms with Gasteiger partial charge in [-0.3, -0.25) is 0 Å². The Labute approximate surface area is 90.5 Å². The molecule has 6 heteroatoms. The molecule has 0 saturated heterocycles. The summed E-state index contributed by atoms with van der Waals surface area (Å²) in [5.74, 6) is 0. The van der Waals surface area contributed by atoms with E-state index < -0.39 is 16.7 Å². The quantitative estimate of drug-likeness (QED) is 0.913. The van der Waals surface area contributed by atoms with Gasteiger partial charge in [-0.05, 0) is 18.2 Å². The molecule has 0 aliphatic heterocycles. The Morgan fingerprint density at radius 1 is 1.43 bits per heavy atom. The summed E-state index contributed by atoms with van der Waals surface area (Å²) in [7, 11) is -3.56. The molecule has 78 valence electrons. The fraction of sp³-hybridized carbons (Fsp3) is 0.250. The normalized spacial score (nSPS) is 11.6. The van der Waals surface area contributed by atoms with Crippen LogP contribution in [0.4, 0.5) is 4.39 Å². The lowest BCUT2D eigenvalue weighted by Crippen LogP contribution is -2.25. The lowest BCUT2D eigenvalue weighted by molar-refractivity contribution is 0.486. The van der Waals surface area contributed by atoms with E-state index in [2.05, 4.69) is 20.7 Å². The average Bonchev–Trinajstić information content (AvgIpc) is 2.15. The van der Waals surface area contributed by atoms with E-state index in [1.807, 2.05) is 0 Å². The van der Waals surface area contributed by atoms with Crippen LogP contribution >= 0.6 is 15.9 Å². The Morgan fingerprint density at radius 3 is 2.71 bits per heavy atom. The summed E-state index contributed by atoms with van der Waals surface area (Å²) in [5, 5.41) is 0. The van der Waals surface area contributed by atoms with Crippen molar-refractivity contribution in [1.82, 2.24) is 4.72 Å². The van der Waals surface area contributed by atoms with Gasteiger partial charge in [0.15, 0.2) is 0 Å². The summed E-state index contributed by atoms with van der Waals surface area (Å²) in [6.45, 7) is -0.915. The Bertz CT molecular complexity index is 408. The number of nitrogens with one attached hydrogen (secondary N) is 1. The van der Waals surface area contributed by atoms with Gasteiger partial charge in [0.2, 0.25) is 10.0 Å². The van der Waals surface area contributed by atoms with Crippen molar-refractivity contribution < 1.29 is 12.8 Å². The second-order valence-electron chi connectivity index (χ2n) is 2.54. The van der Waals surface area contributed by atoms with Crippen LogP contribution in [-0.2, 0) is 10.0 Å². The molecule has 1 aromatic carbocycles. The molecule has 3 nitrogen and oxygen atoms in total. The van der Waals surface area contributed by atoms with Gasteiger partial charge in [-0.2, -0.15) is 0 Å². The van der Waals surface area contributed by atoms with Crippen molar-refractivity contribution >= 4 is 26.0 Å². The third-order valence-corrected chi connectivity index (χ3v) is 3.44. The lowest BCUT2D eigenvalue weighted by atomic mass is 10.4. The first kappa shape index (κ1) is 11.6. The average molecular weight is 282 g/mol. The minimum atomic E-state index is -3.56. The van der Waals surface area contributed by atoms with Crippen molar-refractivity contribution in [3.63, 3.8) is 0 Å². The number of sulfonamides is 1. The first-order valence-electron chi connectivity index (χ1n) is 3.87. The van der Waals surface area contributed by atoms with E-state index >= 15 is 0 Å². The second-order valence-corrected chi connectivity index (χ2v) is 5.23. The molecule has 0 aliphatic rings. The first-order chi connectivity index (χ1) is 6.56. The molecule has 0 aromatic heterocycles. The minimum Gasteiger partial charge on any atom is -0.250 e. The number of halogens is 2. The molecule has 0 saturated carbocycles. The maximum Gasteiger partial charge on any atom is 0.240 e. The van der Waals surface area contributed by atoms with Crippen molar-refractivity contribution in [2.24, 2.45) is 0 Å². The van der Waals surface area contributed by atoms with Crippen LogP contribution in [-0.4, -0.2) is 21.6 Å². The van der Waals surface area contributed by atoms with Crippen LogP contribution in [0, 0.1) is 0 Å². The van der Waals surface area contributed by atoms with E-state index in [0.717, 1.165) is 0 Å². The smallest absolute Gasteiger partial charge is 0.240 e. The SMILES string of the molecule is O=S(=O)(NCCF)c1cccc(Br)c1. The predicted molar refractivity (Wildman–Crippen MR) is 55.3 cm³/mol. The maximum absolute atomic E-state index is 11.8. The zero-order chi connectivity index (χ0) is 10.6. The molecular formula is C8H9BrFNO2S. The fourth-order valence-corrected chi connectivity index (χ4v) is 2.49. The second kappa shape index (κ2) is 4.86. The van der Waals surface area contributed by atoms with Gasteiger partial charge in [-0.25, -0.2) is 17.5 Å². The Kier molecular flexibility index (Phi) is 4.03. The van der Waals surface area contributed by atoms with E-state index in [1.165, 1.54) is 12.1 Å². The summed E-state index contributed by atoms with van der Waals surface area (Å²) in [6, 6.07) is 6.23. The highest BCUT2D eigenvalue weighted by Crippen LogP contribution is 2.15. The summed E-state index contributed by atoms with van der Waals surface area (Å²) < 4.78 is 37.5. The predicted octanol–water partition coefficient (Wildman–Crippen LogP) is 1.70. The van der Waals surface area contributed by atoms with E-state index in [4.69, 9.17) is 0 Å². The standard InChI is InChI=1S/C8H9BrFNO2S/c9-7-2-1-3-8(6-7)14(12,13)11-5-4-10/h1-3,6,11H,4-5H2. The molecule has 0 bridgehead atoms. The van der Waals surface area contributed by atoms with Gasteiger partial charge in [0.1, 0.15) is 6.67 Å². The molecule has 0 aliphatic carbocycles. The number of benzene rings is 1. The van der Waals surface area contributed by atoms with Gasteiger partial charge in [-0.1, -0.05) is 22.0 Å². The van der Waals surface area contributed by atoms with Crippen LogP contribution in [0.25, 0.3) is 0 Å².